The number of piperazine rings is 1. The van der Waals surface area contributed by atoms with Crippen molar-refractivity contribution in [1.82, 2.24) is 19.8 Å². The molecule has 0 spiro atoms. The number of hydrogen-bond donors (Lipinski definition) is 0. The van der Waals surface area contributed by atoms with Gasteiger partial charge in [0.05, 0.1) is 6.61 Å². The number of pyridine rings is 2. The van der Waals surface area contributed by atoms with Crippen LogP contribution in [0.15, 0.2) is 67.0 Å². The summed E-state index contributed by atoms with van der Waals surface area (Å²) >= 11 is 0. The molecule has 0 aliphatic carbocycles. The van der Waals surface area contributed by atoms with Gasteiger partial charge in [0, 0.05) is 69.3 Å². The zero-order chi connectivity index (χ0) is 22.9. The summed E-state index contributed by atoms with van der Waals surface area (Å²) in [5.41, 5.74) is 3.29. The van der Waals surface area contributed by atoms with Crippen LogP contribution in [0.25, 0.3) is 0 Å². The SMILES string of the molecule is Cc1cccc(CCN2CCN(C(=O)Oc3ccc(CCOc4ccncc4)cc3)CC2)n1. The van der Waals surface area contributed by atoms with Crippen molar-refractivity contribution in [2.45, 2.75) is 19.8 Å². The summed E-state index contributed by atoms with van der Waals surface area (Å²) in [5.74, 6) is 1.37. The molecule has 1 saturated heterocycles. The summed E-state index contributed by atoms with van der Waals surface area (Å²) in [4.78, 5) is 25.2. The molecule has 1 aliphatic rings. The first-order valence-electron chi connectivity index (χ1n) is 11.4. The monoisotopic (exact) mass is 446 g/mol. The second-order valence-corrected chi connectivity index (χ2v) is 8.14. The van der Waals surface area contributed by atoms with E-state index in [-0.39, 0.29) is 6.09 Å². The predicted octanol–water partition coefficient (Wildman–Crippen LogP) is 3.77. The highest BCUT2D eigenvalue weighted by atomic mass is 16.6. The molecule has 0 unspecified atom stereocenters. The number of carbonyl (C=O) groups excluding carboxylic acids is 1. The Kier molecular flexibility index (Phi) is 7.87. The number of carbonyl (C=O) groups is 1. The van der Waals surface area contributed by atoms with E-state index in [0.29, 0.717) is 25.4 Å². The fourth-order valence-corrected chi connectivity index (χ4v) is 3.78. The van der Waals surface area contributed by atoms with Gasteiger partial charge in [0.1, 0.15) is 11.5 Å². The fraction of sp³-hybridized carbons (Fsp3) is 0.346. The van der Waals surface area contributed by atoms with Crippen LogP contribution in [0.1, 0.15) is 17.0 Å². The number of hydrogen-bond acceptors (Lipinski definition) is 6. The number of aryl methyl sites for hydroxylation is 1. The van der Waals surface area contributed by atoms with E-state index in [1.165, 1.54) is 0 Å². The minimum Gasteiger partial charge on any atom is -0.493 e. The average Bonchev–Trinajstić information content (AvgIpc) is 2.85. The number of amides is 1. The first-order chi connectivity index (χ1) is 16.2. The Morgan fingerprint density at radius 1 is 0.909 bits per heavy atom. The van der Waals surface area contributed by atoms with E-state index in [0.717, 1.165) is 55.2 Å². The first-order valence-corrected chi connectivity index (χ1v) is 11.4. The molecule has 3 aromatic rings. The van der Waals surface area contributed by atoms with Crippen molar-refractivity contribution in [3.8, 4) is 11.5 Å². The standard InChI is InChI=1S/C26H30N4O3/c1-21-3-2-4-23(28-21)11-15-29-16-18-30(19-17-29)26(31)33-25-7-5-22(6-8-25)12-20-32-24-9-13-27-14-10-24/h2-10,13-14H,11-12,15-20H2,1H3. The Morgan fingerprint density at radius 3 is 2.39 bits per heavy atom. The average molecular weight is 447 g/mol. The molecule has 33 heavy (non-hydrogen) atoms. The van der Waals surface area contributed by atoms with E-state index < -0.39 is 0 Å². The third kappa shape index (κ3) is 7.02. The second-order valence-electron chi connectivity index (χ2n) is 8.14. The predicted molar refractivity (Wildman–Crippen MR) is 127 cm³/mol. The van der Waals surface area contributed by atoms with Crippen molar-refractivity contribution in [3.05, 3.63) is 83.9 Å². The van der Waals surface area contributed by atoms with Crippen LogP contribution < -0.4 is 9.47 Å². The molecule has 1 amide bonds. The first kappa shape index (κ1) is 22.7. The van der Waals surface area contributed by atoms with Gasteiger partial charge >= 0.3 is 6.09 Å². The van der Waals surface area contributed by atoms with Crippen molar-refractivity contribution in [2.75, 3.05) is 39.3 Å². The molecule has 0 bridgehead atoms. The lowest BCUT2D eigenvalue weighted by Crippen LogP contribution is -2.49. The lowest BCUT2D eigenvalue weighted by atomic mass is 10.1. The normalized spacial score (nSPS) is 14.2. The van der Waals surface area contributed by atoms with Crippen LogP contribution in [0.3, 0.4) is 0 Å². The van der Waals surface area contributed by atoms with Crippen LogP contribution in [0.4, 0.5) is 4.79 Å². The Hall–Kier alpha value is -3.45. The third-order valence-corrected chi connectivity index (χ3v) is 5.70. The van der Waals surface area contributed by atoms with E-state index in [1.54, 1.807) is 17.3 Å². The minimum absolute atomic E-state index is 0.288. The van der Waals surface area contributed by atoms with Crippen molar-refractivity contribution >= 4 is 6.09 Å². The van der Waals surface area contributed by atoms with E-state index in [2.05, 4.69) is 27.0 Å². The van der Waals surface area contributed by atoms with Gasteiger partial charge in [0.2, 0.25) is 0 Å². The van der Waals surface area contributed by atoms with Crippen molar-refractivity contribution < 1.29 is 14.3 Å². The molecule has 0 radical (unpaired) electrons. The zero-order valence-electron chi connectivity index (χ0n) is 19.0. The van der Waals surface area contributed by atoms with E-state index in [1.807, 2.05) is 49.4 Å². The van der Waals surface area contributed by atoms with Crippen LogP contribution in [-0.4, -0.2) is 65.2 Å². The zero-order valence-corrected chi connectivity index (χ0v) is 19.0. The second kappa shape index (κ2) is 11.4. The van der Waals surface area contributed by atoms with Gasteiger partial charge in [-0.2, -0.15) is 0 Å². The molecular formula is C26H30N4O3. The summed E-state index contributed by atoms with van der Waals surface area (Å²) in [6, 6.07) is 17.4. The summed E-state index contributed by atoms with van der Waals surface area (Å²) in [7, 11) is 0. The molecular weight excluding hydrogens is 416 g/mol. The van der Waals surface area contributed by atoms with Crippen molar-refractivity contribution in [1.29, 1.82) is 0 Å². The number of ether oxygens (including phenoxy) is 2. The molecule has 7 nitrogen and oxygen atoms in total. The molecule has 1 fully saturated rings. The van der Waals surface area contributed by atoms with Crippen LogP contribution >= 0.6 is 0 Å². The molecule has 1 aromatic carbocycles. The maximum Gasteiger partial charge on any atom is 0.415 e. The highest BCUT2D eigenvalue weighted by Crippen LogP contribution is 2.16. The quantitative estimate of drug-likeness (QED) is 0.525. The van der Waals surface area contributed by atoms with Gasteiger partial charge in [0.25, 0.3) is 0 Å². The van der Waals surface area contributed by atoms with E-state index in [9.17, 15) is 4.79 Å². The third-order valence-electron chi connectivity index (χ3n) is 5.70. The van der Waals surface area contributed by atoms with Gasteiger partial charge in [-0.3, -0.25) is 14.9 Å². The van der Waals surface area contributed by atoms with Crippen LogP contribution in [0, 0.1) is 6.92 Å². The highest BCUT2D eigenvalue weighted by molar-refractivity contribution is 5.70. The Labute approximate surface area is 195 Å². The number of benzene rings is 1. The molecule has 172 valence electrons. The Balaban J connectivity index is 1.16. The maximum absolute atomic E-state index is 12.6. The molecule has 7 heteroatoms. The van der Waals surface area contributed by atoms with Gasteiger partial charge < -0.3 is 14.4 Å². The summed E-state index contributed by atoms with van der Waals surface area (Å²) in [5, 5.41) is 0. The molecule has 0 atom stereocenters. The summed E-state index contributed by atoms with van der Waals surface area (Å²) in [6.45, 7) is 6.57. The number of rotatable bonds is 8. The maximum atomic E-state index is 12.6. The molecule has 1 aliphatic heterocycles. The number of nitrogens with zero attached hydrogens (tertiary/aromatic N) is 4. The van der Waals surface area contributed by atoms with Gasteiger partial charge in [0.15, 0.2) is 0 Å². The van der Waals surface area contributed by atoms with Crippen molar-refractivity contribution in [3.63, 3.8) is 0 Å². The molecule has 3 heterocycles. The fourth-order valence-electron chi connectivity index (χ4n) is 3.78. The van der Waals surface area contributed by atoms with Gasteiger partial charge in [-0.15, -0.1) is 0 Å². The highest BCUT2D eigenvalue weighted by Gasteiger charge is 2.22. The lowest BCUT2D eigenvalue weighted by Gasteiger charge is -2.33. The van der Waals surface area contributed by atoms with Crippen LogP contribution in [-0.2, 0) is 12.8 Å². The van der Waals surface area contributed by atoms with Crippen molar-refractivity contribution in [2.24, 2.45) is 0 Å². The van der Waals surface area contributed by atoms with Gasteiger partial charge in [-0.1, -0.05) is 18.2 Å². The molecule has 0 N–H and O–H groups in total. The summed E-state index contributed by atoms with van der Waals surface area (Å²) in [6.07, 6.45) is 4.83. The lowest BCUT2D eigenvalue weighted by molar-refractivity contribution is 0.111. The molecule has 2 aromatic heterocycles. The topological polar surface area (TPSA) is 67.8 Å². The largest absolute Gasteiger partial charge is 0.493 e. The molecule has 4 rings (SSSR count). The Bertz CT molecular complexity index is 1020. The van der Waals surface area contributed by atoms with Gasteiger partial charge in [-0.05, 0) is 48.9 Å². The summed E-state index contributed by atoms with van der Waals surface area (Å²) < 4.78 is 11.3. The smallest absolute Gasteiger partial charge is 0.415 e. The molecule has 0 saturated carbocycles. The minimum atomic E-state index is -0.288. The van der Waals surface area contributed by atoms with Crippen LogP contribution in [0.2, 0.25) is 0 Å². The number of aromatic nitrogens is 2. The van der Waals surface area contributed by atoms with E-state index >= 15 is 0 Å². The van der Waals surface area contributed by atoms with Gasteiger partial charge in [-0.25, -0.2) is 4.79 Å². The van der Waals surface area contributed by atoms with E-state index in [4.69, 9.17) is 9.47 Å². The Morgan fingerprint density at radius 2 is 1.67 bits per heavy atom. The van der Waals surface area contributed by atoms with Crippen LogP contribution in [0.5, 0.6) is 11.5 Å².